The number of nitrogens with one attached hydrogen (secondary N) is 1. The van der Waals surface area contributed by atoms with E-state index in [2.05, 4.69) is 11.9 Å². The Morgan fingerprint density at radius 1 is 1.53 bits per heavy atom. The third-order valence-corrected chi connectivity index (χ3v) is 2.98. The van der Waals surface area contributed by atoms with Crippen molar-refractivity contribution >= 4 is 18.3 Å². The fraction of sp³-hybridized carbons (Fsp3) is 0.750. The predicted octanol–water partition coefficient (Wildman–Crippen LogP) is 1.07. The lowest BCUT2D eigenvalue weighted by Crippen LogP contribution is -2.43. The van der Waals surface area contributed by atoms with Gasteiger partial charge in [0.1, 0.15) is 0 Å². The average Bonchev–Trinajstić information content (AvgIpc) is 2.34. The fourth-order valence-electron chi connectivity index (χ4n) is 1.87. The molecule has 1 heterocycles. The minimum absolute atomic E-state index is 0. The topological polar surface area (TPSA) is 41.6 Å². The quantitative estimate of drug-likeness (QED) is 0.575. The molecule has 0 spiro atoms. The summed E-state index contributed by atoms with van der Waals surface area (Å²) in [7, 11) is 1.66. The molecule has 0 aromatic rings. The molecular formula is C12H23ClN2O2. The van der Waals surface area contributed by atoms with Crippen molar-refractivity contribution in [3.63, 3.8) is 0 Å². The maximum Gasteiger partial charge on any atom is 0.236 e. The number of likely N-dealkylation sites (tertiary alicyclic amines) is 1. The van der Waals surface area contributed by atoms with Crippen LogP contribution in [0.2, 0.25) is 0 Å². The molecule has 1 saturated heterocycles. The lowest BCUT2D eigenvalue weighted by molar-refractivity contribution is -0.131. The third kappa shape index (κ3) is 6.05. The molecule has 0 radical (unpaired) electrons. The largest absolute Gasteiger partial charge is 0.383 e. The number of allylic oxidation sites excluding steroid dienone is 1. The van der Waals surface area contributed by atoms with Crippen LogP contribution in [-0.2, 0) is 9.53 Å². The first kappa shape index (κ1) is 16.4. The zero-order valence-corrected chi connectivity index (χ0v) is 11.3. The van der Waals surface area contributed by atoms with Gasteiger partial charge in [0, 0.05) is 26.7 Å². The first-order chi connectivity index (χ1) is 7.77. The van der Waals surface area contributed by atoms with E-state index in [1.165, 1.54) is 0 Å². The van der Waals surface area contributed by atoms with Crippen molar-refractivity contribution in [3.8, 4) is 0 Å². The molecule has 0 aliphatic carbocycles. The Morgan fingerprint density at radius 2 is 2.18 bits per heavy atom. The second-order valence-corrected chi connectivity index (χ2v) is 4.12. The van der Waals surface area contributed by atoms with E-state index in [1.54, 1.807) is 7.11 Å². The zero-order valence-electron chi connectivity index (χ0n) is 10.5. The van der Waals surface area contributed by atoms with Crippen LogP contribution in [0.1, 0.15) is 12.8 Å². The molecule has 1 aliphatic rings. The highest BCUT2D eigenvalue weighted by Crippen LogP contribution is 2.17. The van der Waals surface area contributed by atoms with E-state index in [-0.39, 0.29) is 18.3 Å². The zero-order chi connectivity index (χ0) is 11.8. The van der Waals surface area contributed by atoms with Crippen molar-refractivity contribution in [2.24, 2.45) is 5.92 Å². The summed E-state index contributed by atoms with van der Waals surface area (Å²) in [5.41, 5.74) is 0. The molecule has 1 rings (SSSR count). The van der Waals surface area contributed by atoms with Gasteiger partial charge in [-0.25, -0.2) is 0 Å². The lowest BCUT2D eigenvalue weighted by atomic mass is 9.97. The summed E-state index contributed by atoms with van der Waals surface area (Å²) in [5, 5.41) is 3.07. The number of methoxy groups -OCH3 is 1. The molecular weight excluding hydrogens is 240 g/mol. The molecule has 1 amide bonds. The smallest absolute Gasteiger partial charge is 0.236 e. The van der Waals surface area contributed by atoms with E-state index >= 15 is 0 Å². The number of ether oxygens (including phenoxy) is 1. The molecule has 0 unspecified atom stereocenters. The van der Waals surface area contributed by atoms with Gasteiger partial charge >= 0.3 is 0 Å². The number of hydrogen-bond donors (Lipinski definition) is 1. The van der Waals surface area contributed by atoms with Gasteiger partial charge in [0.05, 0.1) is 13.2 Å². The molecule has 5 heteroatoms. The van der Waals surface area contributed by atoms with Crippen molar-refractivity contribution in [3.05, 3.63) is 12.7 Å². The summed E-state index contributed by atoms with van der Waals surface area (Å²) >= 11 is 0. The Bertz CT molecular complexity index is 229. The van der Waals surface area contributed by atoms with Gasteiger partial charge in [0.15, 0.2) is 0 Å². The van der Waals surface area contributed by atoms with E-state index in [4.69, 9.17) is 4.74 Å². The molecule has 4 nitrogen and oxygen atoms in total. The Labute approximate surface area is 110 Å². The molecule has 0 saturated carbocycles. The van der Waals surface area contributed by atoms with Crippen molar-refractivity contribution in [2.45, 2.75) is 12.8 Å². The molecule has 17 heavy (non-hydrogen) atoms. The van der Waals surface area contributed by atoms with Crippen LogP contribution in [0.15, 0.2) is 12.7 Å². The summed E-state index contributed by atoms with van der Waals surface area (Å²) in [6.45, 7) is 7.31. The average molecular weight is 263 g/mol. The van der Waals surface area contributed by atoms with Crippen LogP contribution < -0.4 is 5.32 Å². The van der Waals surface area contributed by atoms with Gasteiger partial charge in [-0.2, -0.15) is 0 Å². The number of rotatable bonds is 6. The minimum Gasteiger partial charge on any atom is -0.383 e. The second kappa shape index (κ2) is 9.45. The highest BCUT2D eigenvalue weighted by atomic mass is 35.5. The number of piperidine rings is 1. The number of halogens is 1. The number of nitrogens with zero attached hydrogens (tertiary/aromatic N) is 1. The summed E-state index contributed by atoms with van der Waals surface area (Å²) in [6, 6.07) is 0. The van der Waals surface area contributed by atoms with E-state index in [0.29, 0.717) is 19.1 Å². The molecule has 1 N–H and O–H groups in total. The third-order valence-electron chi connectivity index (χ3n) is 2.98. The maximum absolute atomic E-state index is 11.8. The summed E-state index contributed by atoms with van der Waals surface area (Å²) in [4.78, 5) is 13.7. The van der Waals surface area contributed by atoms with Gasteiger partial charge in [-0.1, -0.05) is 6.08 Å². The van der Waals surface area contributed by atoms with E-state index in [1.807, 2.05) is 11.0 Å². The summed E-state index contributed by atoms with van der Waals surface area (Å²) in [5.74, 6) is 0.782. The maximum atomic E-state index is 11.8. The van der Waals surface area contributed by atoms with Crippen LogP contribution in [0.4, 0.5) is 0 Å². The van der Waals surface area contributed by atoms with Crippen molar-refractivity contribution in [1.29, 1.82) is 0 Å². The van der Waals surface area contributed by atoms with Crippen LogP contribution in [0, 0.1) is 5.92 Å². The van der Waals surface area contributed by atoms with Crippen LogP contribution in [0.25, 0.3) is 0 Å². The molecule has 0 aromatic carbocycles. The van der Waals surface area contributed by atoms with Crippen LogP contribution in [0.5, 0.6) is 0 Å². The molecule has 1 fully saturated rings. The van der Waals surface area contributed by atoms with Crippen LogP contribution in [-0.4, -0.2) is 50.7 Å². The van der Waals surface area contributed by atoms with E-state index < -0.39 is 0 Å². The normalized spacial score (nSPS) is 16.4. The SMILES string of the molecule is C=CC1CCN(C(=O)CNCCOC)CC1.Cl. The number of hydrogen-bond acceptors (Lipinski definition) is 3. The predicted molar refractivity (Wildman–Crippen MR) is 71.5 cm³/mol. The minimum atomic E-state index is 0. The Hall–Kier alpha value is -0.580. The van der Waals surface area contributed by atoms with Crippen molar-refractivity contribution in [1.82, 2.24) is 10.2 Å². The highest BCUT2D eigenvalue weighted by molar-refractivity contribution is 5.85. The number of carbonyl (C=O) groups excluding carboxylic acids is 1. The molecule has 1 aliphatic heterocycles. The van der Waals surface area contributed by atoms with Crippen LogP contribution in [0.3, 0.4) is 0 Å². The van der Waals surface area contributed by atoms with E-state index in [9.17, 15) is 4.79 Å². The summed E-state index contributed by atoms with van der Waals surface area (Å²) < 4.78 is 4.90. The second-order valence-electron chi connectivity index (χ2n) is 4.12. The number of carbonyl (C=O) groups is 1. The first-order valence-corrected chi connectivity index (χ1v) is 5.88. The van der Waals surface area contributed by atoms with Crippen molar-refractivity contribution in [2.75, 3.05) is 39.9 Å². The molecule has 0 atom stereocenters. The summed E-state index contributed by atoms with van der Waals surface area (Å²) in [6.07, 6.45) is 4.10. The van der Waals surface area contributed by atoms with Crippen molar-refractivity contribution < 1.29 is 9.53 Å². The number of amides is 1. The monoisotopic (exact) mass is 262 g/mol. The molecule has 100 valence electrons. The lowest BCUT2D eigenvalue weighted by Gasteiger charge is -2.30. The molecule has 0 bridgehead atoms. The van der Waals surface area contributed by atoms with Crippen LogP contribution >= 0.6 is 12.4 Å². The molecule has 0 aromatic heterocycles. The van der Waals surface area contributed by atoms with Gasteiger partial charge in [-0.3, -0.25) is 4.79 Å². The van der Waals surface area contributed by atoms with E-state index in [0.717, 1.165) is 32.5 Å². The standard InChI is InChI=1S/C12H22N2O2.ClH/c1-3-11-4-7-14(8-5-11)12(15)10-13-6-9-16-2;/h3,11,13H,1,4-10H2,2H3;1H. The Balaban J connectivity index is 0.00000256. The van der Waals surface area contributed by atoms with Gasteiger partial charge < -0.3 is 15.0 Å². The Kier molecular flexibility index (Phi) is 9.13. The fourth-order valence-corrected chi connectivity index (χ4v) is 1.87. The Morgan fingerprint density at radius 3 is 2.71 bits per heavy atom. The van der Waals surface area contributed by atoms with Gasteiger partial charge in [0.2, 0.25) is 5.91 Å². The highest BCUT2D eigenvalue weighted by Gasteiger charge is 2.20. The van der Waals surface area contributed by atoms with Gasteiger partial charge in [0.25, 0.3) is 0 Å². The van der Waals surface area contributed by atoms with Gasteiger partial charge in [-0.15, -0.1) is 19.0 Å². The van der Waals surface area contributed by atoms with Gasteiger partial charge in [-0.05, 0) is 18.8 Å². The first-order valence-electron chi connectivity index (χ1n) is 5.88.